The highest BCUT2D eigenvalue weighted by Gasteiger charge is 2.14. The lowest BCUT2D eigenvalue weighted by atomic mass is 10.2. The molecule has 2 aromatic heterocycles. The van der Waals surface area contributed by atoms with E-state index in [1.165, 1.54) is 5.69 Å². The van der Waals surface area contributed by atoms with E-state index in [0.717, 1.165) is 22.3 Å². The zero-order chi connectivity index (χ0) is 12.4. The van der Waals surface area contributed by atoms with Crippen LogP contribution in [-0.4, -0.2) is 14.8 Å². The van der Waals surface area contributed by atoms with Gasteiger partial charge in [0.25, 0.3) is 0 Å². The Bertz CT molecular complexity index is 503. The van der Waals surface area contributed by atoms with E-state index in [-0.39, 0.29) is 0 Å². The van der Waals surface area contributed by atoms with Gasteiger partial charge in [-0.1, -0.05) is 13.8 Å². The normalized spacial score (nSPS) is 11.1. The second kappa shape index (κ2) is 5.00. The molecule has 4 heteroatoms. The van der Waals surface area contributed by atoms with Gasteiger partial charge in [0.2, 0.25) is 0 Å². The van der Waals surface area contributed by atoms with Gasteiger partial charge in [-0.3, -0.25) is 9.67 Å². The lowest BCUT2D eigenvalue weighted by Crippen LogP contribution is -2.07. The smallest absolute Gasteiger partial charge is 0.107 e. The third kappa shape index (κ3) is 2.57. The maximum Gasteiger partial charge on any atom is 0.107 e. The summed E-state index contributed by atoms with van der Waals surface area (Å²) in [6.07, 6.45) is 3.58. The number of halogens is 1. The van der Waals surface area contributed by atoms with E-state index in [4.69, 9.17) is 0 Å². The fourth-order valence-electron chi connectivity index (χ4n) is 1.74. The number of hydrogen-bond acceptors (Lipinski definition) is 2. The molecule has 0 saturated carbocycles. The summed E-state index contributed by atoms with van der Waals surface area (Å²) < 4.78 is 3.13. The predicted octanol–water partition coefficient (Wildman–Crippen LogP) is 3.67. The SMILES string of the molecule is Cc1c(Br)c(-c2ccncc2)nn1CC(C)C. The van der Waals surface area contributed by atoms with Crippen molar-refractivity contribution in [2.24, 2.45) is 5.92 Å². The van der Waals surface area contributed by atoms with Gasteiger partial charge >= 0.3 is 0 Å². The van der Waals surface area contributed by atoms with Crippen LogP contribution in [0.15, 0.2) is 29.0 Å². The predicted molar refractivity (Wildman–Crippen MR) is 72.7 cm³/mol. The highest BCUT2D eigenvalue weighted by molar-refractivity contribution is 9.10. The number of nitrogens with zero attached hydrogens (tertiary/aromatic N) is 3. The molecule has 3 nitrogen and oxygen atoms in total. The Morgan fingerprint density at radius 1 is 1.29 bits per heavy atom. The van der Waals surface area contributed by atoms with Gasteiger partial charge in [-0.05, 0) is 40.9 Å². The number of pyridine rings is 1. The van der Waals surface area contributed by atoms with E-state index in [0.29, 0.717) is 5.92 Å². The van der Waals surface area contributed by atoms with E-state index in [2.05, 4.69) is 51.5 Å². The van der Waals surface area contributed by atoms with E-state index in [1.807, 2.05) is 12.1 Å². The van der Waals surface area contributed by atoms with Crippen LogP contribution < -0.4 is 0 Å². The van der Waals surface area contributed by atoms with E-state index in [1.54, 1.807) is 12.4 Å². The molecule has 0 bridgehead atoms. The van der Waals surface area contributed by atoms with Gasteiger partial charge in [-0.15, -0.1) is 0 Å². The van der Waals surface area contributed by atoms with Crippen molar-refractivity contribution in [3.63, 3.8) is 0 Å². The van der Waals surface area contributed by atoms with Crippen LogP contribution in [0.25, 0.3) is 11.3 Å². The Morgan fingerprint density at radius 3 is 2.53 bits per heavy atom. The molecule has 90 valence electrons. The monoisotopic (exact) mass is 293 g/mol. The summed E-state index contributed by atoms with van der Waals surface area (Å²) in [7, 11) is 0. The third-order valence-corrected chi connectivity index (χ3v) is 3.57. The maximum atomic E-state index is 4.66. The van der Waals surface area contributed by atoms with E-state index in [9.17, 15) is 0 Å². The first kappa shape index (κ1) is 12.3. The molecule has 0 saturated heterocycles. The van der Waals surface area contributed by atoms with Crippen LogP contribution >= 0.6 is 15.9 Å². The summed E-state index contributed by atoms with van der Waals surface area (Å²) >= 11 is 3.62. The largest absolute Gasteiger partial charge is 0.268 e. The summed E-state index contributed by atoms with van der Waals surface area (Å²) in [6, 6.07) is 3.96. The van der Waals surface area contributed by atoms with Crippen LogP contribution in [0.1, 0.15) is 19.5 Å². The maximum absolute atomic E-state index is 4.66. The molecule has 0 aliphatic heterocycles. The molecule has 0 aliphatic rings. The molecule has 0 unspecified atom stereocenters. The highest BCUT2D eigenvalue weighted by atomic mass is 79.9. The van der Waals surface area contributed by atoms with Gasteiger partial charge in [-0.25, -0.2) is 0 Å². The van der Waals surface area contributed by atoms with Crippen LogP contribution in [0, 0.1) is 12.8 Å². The molecule has 0 aromatic carbocycles. The first-order chi connectivity index (χ1) is 8.09. The van der Waals surface area contributed by atoms with Gasteiger partial charge < -0.3 is 0 Å². The quantitative estimate of drug-likeness (QED) is 0.864. The molecule has 0 aliphatic carbocycles. The van der Waals surface area contributed by atoms with Gasteiger partial charge in [-0.2, -0.15) is 5.10 Å². The molecule has 0 atom stereocenters. The molecule has 2 heterocycles. The summed E-state index contributed by atoms with van der Waals surface area (Å²) in [5, 5.41) is 4.66. The minimum Gasteiger partial charge on any atom is -0.268 e. The van der Waals surface area contributed by atoms with Crippen molar-refractivity contribution in [2.45, 2.75) is 27.3 Å². The summed E-state index contributed by atoms with van der Waals surface area (Å²) in [5.41, 5.74) is 3.26. The van der Waals surface area contributed by atoms with Crippen molar-refractivity contribution in [3.05, 3.63) is 34.7 Å². The number of aromatic nitrogens is 3. The second-order valence-corrected chi connectivity index (χ2v) is 5.35. The standard InChI is InChI=1S/C13H16BrN3/c1-9(2)8-17-10(3)12(14)13(16-17)11-4-6-15-7-5-11/h4-7,9H,8H2,1-3H3. The minimum atomic E-state index is 0.589. The fraction of sp³-hybridized carbons (Fsp3) is 0.385. The highest BCUT2D eigenvalue weighted by Crippen LogP contribution is 2.29. The summed E-state index contributed by atoms with van der Waals surface area (Å²) in [6.45, 7) is 7.42. The molecule has 0 spiro atoms. The lowest BCUT2D eigenvalue weighted by molar-refractivity contribution is 0.475. The first-order valence-corrected chi connectivity index (χ1v) is 6.52. The van der Waals surface area contributed by atoms with Crippen LogP contribution in [0.2, 0.25) is 0 Å². The van der Waals surface area contributed by atoms with Crippen LogP contribution in [-0.2, 0) is 6.54 Å². The molecule has 0 amide bonds. The molecule has 2 aromatic rings. The molecular formula is C13H16BrN3. The van der Waals surface area contributed by atoms with Crippen molar-refractivity contribution in [1.29, 1.82) is 0 Å². The molecule has 17 heavy (non-hydrogen) atoms. The Morgan fingerprint density at radius 2 is 1.94 bits per heavy atom. The van der Waals surface area contributed by atoms with Crippen LogP contribution in [0.5, 0.6) is 0 Å². The zero-order valence-corrected chi connectivity index (χ0v) is 11.9. The van der Waals surface area contributed by atoms with Crippen molar-refractivity contribution >= 4 is 15.9 Å². The molecular weight excluding hydrogens is 278 g/mol. The van der Waals surface area contributed by atoms with E-state index < -0.39 is 0 Å². The number of rotatable bonds is 3. The zero-order valence-electron chi connectivity index (χ0n) is 10.3. The van der Waals surface area contributed by atoms with Crippen LogP contribution in [0.4, 0.5) is 0 Å². The van der Waals surface area contributed by atoms with Gasteiger partial charge in [0.05, 0.1) is 10.2 Å². The molecule has 0 radical (unpaired) electrons. The Balaban J connectivity index is 2.43. The van der Waals surface area contributed by atoms with E-state index >= 15 is 0 Å². The van der Waals surface area contributed by atoms with Gasteiger partial charge in [0.1, 0.15) is 5.69 Å². The van der Waals surface area contributed by atoms with Gasteiger partial charge in [0.15, 0.2) is 0 Å². The van der Waals surface area contributed by atoms with Crippen molar-refractivity contribution in [1.82, 2.24) is 14.8 Å². The first-order valence-electron chi connectivity index (χ1n) is 5.73. The number of hydrogen-bond donors (Lipinski definition) is 0. The summed E-state index contributed by atoms with van der Waals surface area (Å²) in [5.74, 6) is 0.589. The minimum absolute atomic E-state index is 0.589. The Hall–Kier alpha value is -1.16. The topological polar surface area (TPSA) is 30.7 Å². The summed E-state index contributed by atoms with van der Waals surface area (Å²) in [4.78, 5) is 4.03. The fourth-order valence-corrected chi connectivity index (χ4v) is 2.26. The van der Waals surface area contributed by atoms with Gasteiger partial charge in [0, 0.05) is 24.5 Å². The Kier molecular flexibility index (Phi) is 3.62. The van der Waals surface area contributed by atoms with Crippen molar-refractivity contribution < 1.29 is 0 Å². The molecule has 2 rings (SSSR count). The molecule has 0 fully saturated rings. The Labute approximate surface area is 110 Å². The van der Waals surface area contributed by atoms with Crippen LogP contribution in [0.3, 0.4) is 0 Å². The third-order valence-electron chi connectivity index (χ3n) is 2.63. The average molecular weight is 294 g/mol. The van der Waals surface area contributed by atoms with Crippen molar-refractivity contribution in [3.8, 4) is 11.3 Å². The average Bonchev–Trinajstić information content (AvgIpc) is 2.58. The lowest BCUT2D eigenvalue weighted by Gasteiger charge is -2.06. The molecule has 0 N–H and O–H groups in total. The second-order valence-electron chi connectivity index (χ2n) is 4.56. The van der Waals surface area contributed by atoms with Crippen molar-refractivity contribution in [2.75, 3.05) is 0 Å².